The van der Waals surface area contributed by atoms with E-state index in [-0.39, 0.29) is 29.5 Å². The van der Waals surface area contributed by atoms with Crippen LogP contribution in [-0.4, -0.2) is 75.5 Å². The number of aliphatic imine (C=N–C) groups is 1. The first-order chi connectivity index (χ1) is 13.1. The maximum atomic E-state index is 6.00. The second-order valence-electron chi connectivity index (χ2n) is 8.46. The average Bonchev–Trinajstić information content (AvgIpc) is 2.71. The van der Waals surface area contributed by atoms with Crippen molar-refractivity contribution in [2.45, 2.75) is 76.9 Å². The molecule has 0 aromatic carbocycles. The minimum atomic E-state index is 0. The predicted molar refractivity (Wildman–Crippen MR) is 128 cm³/mol. The van der Waals surface area contributed by atoms with Crippen molar-refractivity contribution in [1.29, 1.82) is 0 Å². The molecular formula is C21H43IN4O2. The lowest BCUT2D eigenvalue weighted by Crippen LogP contribution is -2.56. The van der Waals surface area contributed by atoms with Gasteiger partial charge in [0.05, 0.1) is 19.3 Å². The van der Waals surface area contributed by atoms with E-state index in [1.165, 1.54) is 38.5 Å². The van der Waals surface area contributed by atoms with Gasteiger partial charge in [0.2, 0.25) is 0 Å². The normalized spacial score (nSPS) is 19.9. The van der Waals surface area contributed by atoms with Gasteiger partial charge in [-0.3, -0.25) is 9.89 Å². The van der Waals surface area contributed by atoms with Crippen molar-refractivity contribution in [2.24, 2.45) is 4.99 Å². The molecule has 1 aliphatic heterocycles. The summed E-state index contributed by atoms with van der Waals surface area (Å²) in [5, 5.41) is 6.92. The fraction of sp³-hybridized carbons (Fsp3) is 0.952. The van der Waals surface area contributed by atoms with E-state index in [9.17, 15) is 0 Å². The third-order valence-electron chi connectivity index (χ3n) is 5.80. The van der Waals surface area contributed by atoms with Gasteiger partial charge in [0.1, 0.15) is 0 Å². The van der Waals surface area contributed by atoms with Crippen LogP contribution in [0.5, 0.6) is 0 Å². The Bertz CT molecular complexity index is 423. The zero-order valence-electron chi connectivity index (χ0n) is 18.3. The minimum Gasteiger partial charge on any atom is -0.379 e. The van der Waals surface area contributed by atoms with E-state index in [1.54, 1.807) is 0 Å². The molecule has 28 heavy (non-hydrogen) atoms. The van der Waals surface area contributed by atoms with E-state index < -0.39 is 0 Å². The molecule has 1 saturated heterocycles. The Morgan fingerprint density at radius 2 is 1.79 bits per heavy atom. The first kappa shape index (κ1) is 25.9. The van der Waals surface area contributed by atoms with Crippen LogP contribution in [0.2, 0.25) is 0 Å². The Hall–Kier alpha value is -0.120. The van der Waals surface area contributed by atoms with Gasteiger partial charge in [-0.1, -0.05) is 19.3 Å². The molecule has 0 atom stereocenters. The van der Waals surface area contributed by atoms with Crippen LogP contribution in [0.15, 0.2) is 4.99 Å². The van der Waals surface area contributed by atoms with E-state index >= 15 is 0 Å². The van der Waals surface area contributed by atoms with Gasteiger partial charge in [-0.25, -0.2) is 0 Å². The number of hydrogen-bond donors (Lipinski definition) is 2. The maximum Gasteiger partial charge on any atom is 0.191 e. The lowest BCUT2D eigenvalue weighted by Gasteiger charge is -2.41. The van der Waals surface area contributed by atoms with Crippen molar-refractivity contribution in [1.82, 2.24) is 15.5 Å². The smallest absolute Gasteiger partial charge is 0.191 e. The summed E-state index contributed by atoms with van der Waals surface area (Å²) in [6, 6.07) is 0. The van der Waals surface area contributed by atoms with Gasteiger partial charge in [0.15, 0.2) is 5.96 Å². The summed E-state index contributed by atoms with van der Waals surface area (Å²) in [6.07, 6.45) is 10.7. The molecule has 1 saturated carbocycles. The molecule has 0 bridgehead atoms. The standard InChI is InChI=1S/C21H42N4O2.HI/c1-21(2,25-13-16-26-17-14-25)18-24-20(22-3)23-12-8-5-9-15-27-19-10-6-4-7-11-19;/h19H,4-18H2,1-3H3,(H2,22,23,24);1H. The molecule has 166 valence electrons. The number of ether oxygens (including phenoxy) is 2. The highest BCUT2D eigenvalue weighted by molar-refractivity contribution is 14.0. The van der Waals surface area contributed by atoms with E-state index in [4.69, 9.17) is 9.47 Å². The van der Waals surface area contributed by atoms with E-state index in [0.717, 1.165) is 64.8 Å². The SMILES string of the molecule is CN=C(NCCCCCOC1CCCCC1)NCC(C)(C)N1CCOCC1.I. The van der Waals surface area contributed by atoms with Gasteiger partial charge >= 0.3 is 0 Å². The lowest BCUT2D eigenvalue weighted by atomic mass is 9.98. The molecule has 2 N–H and O–H groups in total. The molecule has 7 heteroatoms. The van der Waals surface area contributed by atoms with Gasteiger partial charge < -0.3 is 20.1 Å². The molecule has 0 unspecified atom stereocenters. The Morgan fingerprint density at radius 1 is 1.07 bits per heavy atom. The number of unbranched alkanes of at least 4 members (excludes halogenated alkanes) is 2. The zero-order chi connectivity index (χ0) is 19.4. The highest BCUT2D eigenvalue weighted by Gasteiger charge is 2.28. The molecule has 2 rings (SSSR count). The number of rotatable bonds is 10. The van der Waals surface area contributed by atoms with Crippen LogP contribution in [0.25, 0.3) is 0 Å². The molecule has 2 fully saturated rings. The topological polar surface area (TPSA) is 58.1 Å². The van der Waals surface area contributed by atoms with Crippen LogP contribution in [-0.2, 0) is 9.47 Å². The van der Waals surface area contributed by atoms with Crippen molar-refractivity contribution >= 4 is 29.9 Å². The molecule has 0 aromatic heterocycles. The summed E-state index contributed by atoms with van der Waals surface area (Å²) in [5.74, 6) is 0.898. The van der Waals surface area contributed by atoms with Crippen LogP contribution >= 0.6 is 24.0 Å². The van der Waals surface area contributed by atoms with Crippen molar-refractivity contribution in [3.8, 4) is 0 Å². The van der Waals surface area contributed by atoms with Gasteiger partial charge in [0.25, 0.3) is 0 Å². The van der Waals surface area contributed by atoms with Crippen LogP contribution in [0, 0.1) is 0 Å². The van der Waals surface area contributed by atoms with Gasteiger partial charge in [-0.05, 0) is 46.0 Å². The number of nitrogens with zero attached hydrogens (tertiary/aromatic N) is 2. The van der Waals surface area contributed by atoms with Crippen molar-refractivity contribution in [2.75, 3.05) is 53.0 Å². The van der Waals surface area contributed by atoms with Crippen molar-refractivity contribution < 1.29 is 9.47 Å². The molecule has 0 spiro atoms. The summed E-state index contributed by atoms with van der Waals surface area (Å²) in [7, 11) is 1.84. The summed E-state index contributed by atoms with van der Waals surface area (Å²) >= 11 is 0. The largest absolute Gasteiger partial charge is 0.379 e. The first-order valence-corrected chi connectivity index (χ1v) is 11.0. The molecule has 1 aliphatic carbocycles. The van der Waals surface area contributed by atoms with E-state index in [1.807, 2.05) is 7.05 Å². The quantitative estimate of drug-likeness (QED) is 0.204. The lowest BCUT2D eigenvalue weighted by molar-refractivity contribution is -0.00833. The Balaban J connectivity index is 0.00000392. The maximum absolute atomic E-state index is 6.00. The van der Waals surface area contributed by atoms with Gasteiger partial charge in [0, 0.05) is 45.4 Å². The minimum absolute atomic E-state index is 0. The molecule has 0 amide bonds. The fourth-order valence-corrected chi connectivity index (χ4v) is 3.89. The summed E-state index contributed by atoms with van der Waals surface area (Å²) < 4.78 is 11.5. The molecular weight excluding hydrogens is 467 g/mol. The number of morpholine rings is 1. The van der Waals surface area contributed by atoms with Gasteiger partial charge in [-0.15, -0.1) is 24.0 Å². The molecule has 2 aliphatic rings. The Morgan fingerprint density at radius 3 is 2.46 bits per heavy atom. The summed E-state index contributed by atoms with van der Waals surface area (Å²) in [6.45, 7) is 11.0. The third-order valence-corrected chi connectivity index (χ3v) is 5.80. The Kier molecular flexibility index (Phi) is 13.7. The molecule has 0 aromatic rings. The van der Waals surface area contributed by atoms with Crippen LogP contribution in [0.1, 0.15) is 65.2 Å². The average molecular weight is 511 g/mol. The van der Waals surface area contributed by atoms with Gasteiger partial charge in [-0.2, -0.15) is 0 Å². The third kappa shape index (κ3) is 10.1. The molecule has 1 heterocycles. The highest BCUT2D eigenvalue weighted by atomic mass is 127. The first-order valence-electron chi connectivity index (χ1n) is 11.0. The number of halogens is 1. The Labute approximate surface area is 189 Å². The highest BCUT2D eigenvalue weighted by Crippen LogP contribution is 2.20. The summed E-state index contributed by atoms with van der Waals surface area (Å²) in [5.41, 5.74) is 0.0951. The number of guanidine groups is 1. The van der Waals surface area contributed by atoms with Crippen LogP contribution < -0.4 is 10.6 Å². The number of hydrogen-bond acceptors (Lipinski definition) is 4. The van der Waals surface area contributed by atoms with Crippen LogP contribution in [0.4, 0.5) is 0 Å². The fourth-order valence-electron chi connectivity index (χ4n) is 3.89. The van der Waals surface area contributed by atoms with Crippen LogP contribution in [0.3, 0.4) is 0 Å². The second kappa shape index (κ2) is 14.8. The van der Waals surface area contributed by atoms with E-state index in [0.29, 0.717) is 6.10 Å². The van der Waals surface area contributed by atoms with E-state index in [2.05, 4.69) is 34.4 Å². The summed E-state index contributed by atoms with van der Waals surface area (Å²) in [4.78, 5) is 6.85. The van der Waals surface area contributed by atoms with Crippen molar-refractivity contribution in [3.05, 3.63) is 0 Å². The number of nitrogens with one attached hydrogen (secondary N) is 2. The molecule has 0 radical (unpaired) electrons. The molecule has 6 nitrogen and oxygen atoms in total. The zero-order valence-corrected chi connectivity index (χ0v) is 20.6. The monoisotopic (exact) mass is 510 g/mol. The predicted octanol–water partition coefficient (Wildman–Crippen LogP) is 3.40. The van der Waals surface area contributed by atoms with Crippen molar-refractivity contribution in [3.63, 3.8) is 0 Å². The second-order valence-corrected chi connectivity index (χ2v) is 8.46.